The highest BCUT2D eigenvalue weighted by atomic mass is 32.1. The number of rotatable bonds is 8. The highest BCUT2D eigenvalue weighted by Gasteiger charge is 2.27. The van der Waals surface area contributed by atoms with Crippen LogP contribution in [0.3, 0.4) is 0 Å². The molecule has 1 fully saturated rings. The standard InChI is InChI=1S/C27H25N5O6S/c28-17-18-4-6-19(7-5-18)27(36)31-11-2-10-30(12-13-31)22-9-8-20(15-23(22)32(37)38)26(35)29-21(16-25(33)34)24-3-1-14-39-24/h1,3-9,14-15,21H,2,10-13,16H2,(H,29,35)(H,33,34). The van der Waals surface area contributed by atoms with E-state index in [1.165, 1.54) is 29.5 Å². The third-order valence-corrected chi connectivity index (χ3v) is 7.38. The van der Waals surface area contributed by atoms with Gasteiger partial charge in [-0.25, -0.2) is 0 Å². The number of amides is 2. The van der Waals surface area contributed by atoms with Crippen molar-refractivity contribution < 1.29 is 24.4 Å². The minimum absolute atomic E-state index is 0.0461. The van der Waals surface area contributed by atoms with Gasteiger partial charge in [0, 0.05) is 48.2 Å². The summed E-state index contributed by atoms with van der Waals surface area (Å²) >= 11 is 1.31. The van der Waals surface area contributed by atoms with Crippen LogP contribution in [0.15, 0.2) is 60.0 Å². The van der Waals surface area contributed by atoms with Crippen LogP contribution < -0.4 is 10.2 Å². The van der Waals surface area contributed by atoms with Gasteiger partial charge in [0.25, 0.3) is 17.5 Å². The molecular formula is C27H25N5O6S. The van der Waals surface area contributed by atoms with E-state index in [2.05, 4.69) is 5.32 Å². The third kappa shape index (κ3) is 6.58. The van der Waals surface area contributed by atoms with Gasteiger partial charge in [-0.05, 0) is 54.3 Å². The lowest BCUT2D eigenvalue weighted by Crippen LogP contribution is -2.35. The van der Waals surface area contributed by atoms with E-state index in [1.54, 1.807) is 46.7 Å². The van der Waals surface area contributed by atoms with Gasteiger partial charge < -0.3 is 20.2 Å². The molecule has 11 nitrogen and oxygen atoms in total. The fraction of sp³-hybridized carbons (Fsp3) is 0.259. The maximum absolute atomic E-state index is 13.0. The summed E-state index contributed by atoms with van der Waals surface area (Å²) in [4.78, 5) is 52.8. The predicted molar refractivity (Wildman–Crippen MR) is 144 cm³/mol. The minimum atomic E-state index is -1.08. The van der Waals surface area contributed by atoms with Gasteiger partial charge in [0.2, 0.25) is 0 Å². The maximum atomic E-state index is 13.0. The molecule has 1 aromatic heterocycles. The van der Waals surface area contributed by atoms with Gasteiger partial charge in [0.05, 0.1) is 29.0 Å². The van der Waals surface area contributed by atoms with E-state index in [-0.39, 0.29) is 23.6 Å². The van der Waals surface area contributed by atoms with Crippen LogP contribution in [-0.4, -0.2) is 58.9 Å². The van der Waals surface area contributed by atoms with Crippen molar-refractivity contribution in [2.75, 3.05) is 31.1 Å². The van der Waals surface area contributed by atoms with Gasteiger partial charge in [0.15, 0.2) is 0 Å². The molecule has 200 valence electrons. The molecule has 2 N–H and O–H groups in total. The number of hydrogen-bond acceptors (Lipinski definition) is 8. The molecule has 1 unspecified atom stereocenters. The van der Waals surface area contributed by atoms with E-state index < -0.39 is 22.8 Å². The van der Waals surface area contributed by atoms with E-state index >= 15 is 0 Å². The number of carboxylic acid groups (broad SMARTS) is 1. The molecule has 1 saturated heterocycles. The average Bonchev–Trinajstić information content (AvgIpc) is 3.36. The lowest BCUT2D eigenvalue weighted by Gasteiger charge is -2.24. The molecular weight excluding hydrogens is 522 g/mol. The fourth-order valence-corrected chi connectivity index (χ4v) is 5.22. The number of anilines is 1. The van der Waals surface area contributed by atoms with Crippen molar-refractivity contribution >= 4 is 40.5 Å². The highest BCUT2D eigenvalue weighted by Crippen LogP contribution is 2.31. The number of nitrogens with one attached hydrogen (secondary N) is 1. The number of nitriles is 1. The predicted octanol–water partition coefficient (Wildman–Crippen LogP) is 3.83. The van der Waals surface area contributed by atoms with Gasteiger partial charge >= 0.3 is 5.97 Å². The Labute approximate surface area is 228 Å². The average molecular weight is 548 g/mol. The first-order valence-electron chi connectivity index (χ1n) is 12.2. The lowest BCUT2D eigenvalue weighted by molar-refractivity contribution is -0.384. The Kier molecular flexibility index (Phi) is 8.53. The first-order valence-corrected chi connectivity index (χ1v) is 13.0. The third-order valence-electron chi connectivity index (χ3n) is 6.39. The summed E-state index contributed by atoms with van der Waals surface area (Å²) in [5.41, 5.74) is 1.06. The summed E-state index contributed by atoms with van der Waals surface area (Å²) in [5, 5.41) is 34.6. The highest BCUT2D eigenvalue weighted by molar-refractivity contribution is 7.10. The quantitative estimate of drug-likeness (QED) is 0.318. The molecule has 2 heterocycles. The number of carboxylic acids is 1. The Morgan fingerprint density at radius 1 is 1.08 bits per heavy atom. The number of aliphatic carboxylic acids is 1. The zero-order valence-electron chi connectivity index (χ0n) is 20.8. The molecule has 2 aromatic carbocycles. The molecule has 0 bridgehead atoms. The molecule has 3 aromatic rings. The zero-order valence-corrected chi connectivity index (χ0v) is 21.6. The van der Waals surface area contributed by atoms with Crippen molar-refractivity contribution in [3.05, 3.63) is 91.7 Å². The summed E-state index contributed by atoms with van der Waals surface area (Å²) in [6.07, 6.45) is 0.261. The van der Waals surface area contributed by atoms with Crippen molar-refractivity contribution in [3.63, 3.8) is 0 Å². The molecule has 2 amide bonds. The summed E-state index contributed by atoms with van der Waals surface area (Å²) in [7, 11) is 0. The van der Waals surface area contributed by atoms with Gasteiger partial charge in [-0.15, -0.1) is 11.3 Å². The van der Waals surface area contributed by atoms with Gasteiger partial charge in [-0.2, -0.15) is 5.26 Å². The second kappa shape index (κ2) is 12.2. The van der Waals surface area contributed by atoms with Crippen molar-refractivity contribution in [1.29, 1.82) is 5.26 Å². The number of benzene rings is 2. The van der Waals surface area contributed by atoms with Crippen LogP contribution in [0.25, 0.3) is 0 Å². The SMILES string of the molecule is N#Cc1ccc(C(=O)N2CCCN(c3ccc(C(=O)NC(CC(=O)O)c4cccs4)cc3[N+](=O)[O-])CC2)cc1. The topological polar surface area (TPSA) is 157 Å². The van der Waals surface area contributed by atoms with Crippen LogP contribution in [-0.2, 0) is 4.79 Å². The number of hydrogen-bond donors (Lipinski definition) is 2. The summed E-state index contributed by atoms with van der Waals surface area (Å²) in [6, 6.07) is 15.3. The van der Waals surface area contributed by atoms with Crippen LogP contribution in [0.4, 0.5) is 11.4 Å². The second-order valence-corrected chi connectivity index (χ2v) is 9.90. The van der Waals surface area contributed by atoms with Gasteiger partial charge in [0.1, 0.15) is 5.69 Å². The minimum Gasteiger partial charge on any atom is -0.481 e. The summed E-state index contributed by atoms with van der Waals surface area (Å²) in [5.74, 6) is -1.87. The monoisotopic (exact) mass is 547 g/mol. The molecule has 0 radical (unpaired) electrons. The van der Waals surface area contributed by atoms with E-state index in [9.17, 15) is 29.6 Å². The van der Waals surface area contributed by atoms with Crippen molar-refractivity contribution in [1.82, 2.24) is 10.2 Å². The summed E-state index contributed by atoms with van der Waals surface area (Å²) in [6.45, 7) is 1.64. The van der Waals surface area contributed by atoms with Crippen LogP contribution in [0.1, 0.15) is 50.0 Å². The number of nitro benzene ring substituents is 1. The normalized spacial score (nSPS) is 14.1. The Balaban J connectivity index is 1.49. The van der Waals surface area contributed by atoms with Gasteiger partial charge in [-0.1, -0.05) is 6.07 Å². The van der Waals surface area contributed by atoms with Crippen LogP contribution >= 0.6 is 11.3 Å². The Morgan fingerprint density at radius 3 is 2.46 bits per heavy atom. The molecule has 1 aliphatic heterocycles. The largest absolute Gasteiger partial charge is 0.481 e. The number of thiophene rings is 1. The lowest BCUT2D eigenvalue weighted by atomic mass is 10.1. The number of nitrogens with zero attached hydrogens (tertiary/aromatic N) is 4. The molecule has 39 heavy (non-hydrogen) atoms. The number of carbonyl (C=O) groups excluding carboxylic acids is 2. The smallest absolute Gasteiger partial charge is 0.305 e. The molecule has 4 rings (SSSR count). The van der Waals surface area contributed by atoms with Crippen LogP contribution in [0.2, 0.25) is 0 Å². The van der Waals surface area contributed by atoms with Gasteiger partial charge in [-0.3, -0.25) is 24.5 Å². The van der Waals surface area contributed by atoms with Crippen LogP contribution in [0.5, 0.6) is 0 Å². The first-order chi connectivity index (χ1) is 18.8. The molecule has 0 aliphatic carbocycles. The molecule has 1 atom stereocenters. The van der Waals surface area contributed by atoms with E-state index in [0.29, 0.717) is 54.3 Å². The Bertz CT molecular complexity index is 1420. The van der Waals surface area contributed by atoms with Crippen molar-refractivity contribution in [2.24, 2.45) is 0 Å². The Morgan fingerprint density at radius 2 is 1.82 bits per heavy atom. The fourth-order valence-electron chi connectivity index (χ4n) is 4.44. The summed E-state index contributed by atoms with van der Waals surface area (Å²) < 4.78 is 0. The van der Waals surface area contributed by atoms with Crippen LogP contribution in [0, 0.1) is 21.4 Å². The maximum Gasteiger partial charge on any atom is 0.305 e. The zero-order chi connectivity index (χ0) is 27.9. The van der Waals surface area contributed by atoms with E-state index in [0.717, 1.165) is 0 Å². The van der Waals surface area contributed by atoms with Crippen molar-refractivity contribution in [2.45, 2.75) is 18.9 Å². The second-order valence-electron chi connectivity index (χ2n) is 8.92. The molecule has 0 saturated carbocycles. The molecule has 12 heteroatoms. The Hall–Kier alpha value is -4.76. The van der Waals surface area contributed by atoms with E-state index in [4.69, 9.17) is 5.26 Å². The van der Waals surface area contributed by atoms with Crippen molar-refractivity contribution in [3.8, 4) is 6.07 Å². The van der Waals surface area contributed by atoms with E-state index in [1.807, 2.05) is 11.0 Å². The number of nitro groups is 1. The first kappa shape index (κ1) is 27.3. The molecule has 0 spiro atoms. The molecule has 1 aliphatic rings. The number of carbonyl (C=O) groups is 3.